The quantitative estimate of drug-likeness (QED) is 0.661. The van der Waals surface area contributed by atoms with Crippen molar-refractivity contribution in [2.75, 3.05) is 5.32 Å². The average molecular weight is 267 g/mol. The van der Waals surface area contributed by atoms with Crippen molar-refractivity contribution in [1.82, 2.24) is 14.8 Å². The van der Waals surface area contributed by atoms with E-state index in [1.54, 1.807) is 4.68 Å². The van der Waals surface area contributed by atoms with Crippen LogP contribution < -0.4 is 5.32 Å². The summed E-state index contributed by atoms with van der Waals surface area (Å²) in [5.41, 5.74) is 2.11. The maximum atomic E-state index is 10.5. The average Bonchev–Trinajstić information content (AvgIpc) is 2.92. The molecule has 96 valence electrons. The summed E-state index contributed by atoms with van der Waals surface area (Å²) in [5, 5.41) is 18.5. The third kappa shape index (κ3) is 2.65. The lowest BCUT2D eigenvalue weighted by atomic mass is 10.2. The molecule has 0 aliphatic heterocycles. The van der Waals surface area contributed by atoms with E-state index >= 15 is 0 Å². The van der Waals surface area contributed by atoms with E-state index in [-0.39, 0.29) is 5.00 Å². The molecule has 0 atom stereocenters. The molecule has 1 N–H and O–H groups in total. The first-order valence-electron chi connectivity index (χ1n) is 5.45. The molecule has 2 aromatic heterocycles. The Labute approximate surface area is 108 Å². The van der Waals surface area contributed by atoms with Gasteiger partial charge in [0.2, 0.25) is 0 Å². The Kier molecular flexibility index (Phi) is 3.56. The normalized spacial score (nSPS) is 10.6. The van der Waals surface area contributed by atoms with E-state index in [0.717, 1.165) is 29.0 Å². The number of aromatic nitrogens is 3. The van der Waals surface area contributed by atoms with Gasteiger partial charge in [0.15, 0.2) is 5.13 Å². The summed E-state index contributed by atoms with van der Waals surface area (Å²) in [4.78, 5) is 14.0. The fourth-order valence-electron chi connectivity index (χ4n) is 1.63. The summed E-state index contributed by atoms with van der Waals surface area (Å²) in [7, 11) is 1.87. The van der Waals surface area contributed by atoms with E-state index < -0.39 is 4.92 Å². The van der Waals surface area contributed by atoms with Gasteiger partial charge in [-0.15, -0.1) is 0 Å². The van der Waals surface area contributed by atoms with Crippen LogP contribution in [0.1, 0.15) is 18.2 Å². The number of hydrogen-bond donors (Lipinski definition) is 1. The zero-order valence-electron chi connectivity index (χ0n) is 10.1. The Bertz CT molecular complexity index is 562. The van der Waals surface area contributed by atoms with E-state index in [4.69, 9.17) is 0 Å². The highest BCUT2D eigenvalue weighted by atomic mass is 32.1. The van der Waals surface area contributed by atoms with Crippen LogP contribution in [-0.2, 0) is 20.0 Å². The molecule has 0 bridgehead atoms. The summed E-state index contributed by atoms with van der Waals surface area (Å²) in [6.45, 7) is 2.61. The smallest absolute Gasteiger partial charge is 0.345 e. The minimum atomic E-state index is -0.440. The standard InChI is InChI=1S/C10H13N5O2S/c1-3-8-7(6-14(2)13-8)4-11-10-12-5-9(18-10)15(16)17/h5-6H,3-4H2,1-2H3,(H,11,12). The van der Waals surface area contributed by atoms with Crippen molar-refractivity contribution in [1.29, 1.82) is 0 Å². The van der Waals surface area contributed by atoms with Gasteiger partial charge in [-0.3, -0.25) is 14.8 Å². The lowest BCUT2D eigenvalue weighted by molar-refractivity contribution is -0.380. The second-order valence-electron chi connectivity index (χ2n) is 3.74. The number of hydrogen-bond acceptors (Lipinski definition) is 6. The molecule has 7 nitrogen and oxygen atoms in total. The van der Waals surface area contributed by atoms with E-state index in [2.05, 4.69) is 15.4 Å². The Morgan fingerprint density at radius 3 is 3.00 bits per heavy atom. The van der Waals surface area contributed by atoms with Crippen LogP contribution in [0.15, 0.2) is 12.4 Å². The molecule has 2 aromatic rings. The predicted octanol–water partition coefficient (Wildman–Crippen LogP) is 1.96. The molecule has 0 aliphatic carbocycles. The lowest BCUT2D eigenvalue weighted by Crippen LogP contribution is -2.00. The van der Waals surface area contributed by atoms with Gasteiger partial charge < -0.3 is 5.32 Å². The van der Waals surface area contributed by atoms with Crippen molar-refractivity contribution >= 4 is 21.5 Å². The Balaban J connectivity index is 2.04. The molecule has 0 aliphatic rings. The maximum Gasteiger partial charge on any atom is 0.345 e. The zero-order valence-corrected chi connectivity index (χ0v) is 10.9. The summed E-state index contributed by atoms with van der Waals surface area (Å²) in [6, 6.07) is 0. The number of thiazole rings is 1. The van der Waals surface area contributed by atoms with Crippen molar-refractivity contribution < 1.29 is 4.92 Å². The second-order valence-corrected chi connectivity index (χ2v) is 4.75. The van der Waals surface area contributed by atoms with Gasteiger partial charge in [0, 0.05) is 25.4 Å². The molecule has 0 saturated heterocycles. The van der Waals surface area contributed by atoms with Crippen LogP contribution >= 0.6 is 11.3 Å². The van der Waals surface area contributed by atoms with Crippen molar-refractivity contribution in [3.8, 4) is 0 Å². The highest BCUT2D eigenvalue weighted by Gasteiger charge is 2.12. The first kappa shape index (κ1) is 12.5. The van der Waals surface area contributed by atoms with Gasteiger partial charge in [-0.1, -0.05) is 6.92 Å². The van der Waals surface area contributed by atoms with Crippen molar-refractivity contribution in [2.24, 2.45) is 7.05 Å². The predicted molar refractivity (Wildman–Crippen MR) is 68.7 cm³/mol. The molecule has 0 fully saturated rings. The van der Waals surface area contributed by atoms with Gasteiger partial charge >= 0.3 is 5.00 Å². The number of nitro groups is 1. The molecule has 0 aromatic carbocycles. The molecule has 2 heterocycles. The molecule has 8 heteroatoms. The first-order valence-corrected chi connectivity index (χ1v) is 6.27. The fourth-order valence-corrected chi connectivity index (χ4v) is 2.26. The molecule has 0 radical (unpaired) electrons. The molecule has 0 unspecified atom stereocenters. The van der Waals surface area contributed by atoms with Crippen LogP contribution in [0.4, 0.5) is 10.1 Å². The van der Waals surface area contributed by atoms with Gasteiger partial charge in [0.1, 0.15) is 6.20 Å². The minimum absolute atomic E-state index is 0.0411. The largest absolute Gasteiger partial charge is 0.357 e. The van der Waals surface area contributed by atoms with Crippen molar-refractivity contribution in [3.05, 3.63) is 33.8 Å². The monoisotopic (exact) mass is 267 g/mol. The minimum Gasteiger partial charge on any atom is -0.357 e. The summed E-state index contributed by atoms with van der Waals surface area (Å²) in [6.07, 6.45) is 4.06. The van der Waals surface area contributed by atoms with E-state index in [0.29, 0.717) is 11.7 Å². The zero-order chi connectivity index (χ0) is 13.1. The lowest BCUT2D eigenvalue weighted by Gasteiger charge is -2.00. The van der Waals surface area contributed by atoms with E-state index in [1.807, 2.05) is 20.2 Å². The number of rotatable bonds is 5. The molecule has 0 saturated carbocycles. The Morgan fingerprint density at radius 1 is 1.61 bits per heavy atom. The van der Waals surface area contributed by atoms with Gasteiger partial charge in [0.25, 0.3) is 0 Å². The summed E-state index contributed by atoms with van der Waals surface area (Å²) in [5.74, 6) is 0. The molecule has 18 heavy (non-hydrogen) atoms. The van der Waals surface area contributed by atoms with Crippen LogP contribution in [0.5, 0.6) is 0 Å². The number of aryl methyl sites for hydroxylation is 2. The van der Waals surface area contributed by atoms with Crippen LogP contribution in [0, 0.1) is 10.1 Å². The Morgan fingerprint density at radius 2 is 2.39 bits per heavy atom. The fraction of sp³-hybridized carbons (Fsp3) is 0.400. The van der Waals surface area contributed by atoms with Gasteiger partial charge in [-0.2, -0.15) is 5.10 Å². The maximum absolute atomic E-state index is 10.5. The molecule has 0 spiro atoms. The number of nitrogens with zero attached hydrogens (tertiary/aromatic N) is 4. The highest BCUT2D eigenvalue weighted by Crippen LogP contribution is 2.25. The first-order chi connectivity index (χ1) is 8.60. The molecule has 0 amide bonds. The third-order valence-electron chi connectivity index (χ3n) is 2.43. The van der Waals surface area contributed by atoms with Gasteiger partial charge in [-0.05, 0) is 17.8 Å². The SMILES string of the molecule is CCc1nn(C)cc1CNc1ncc([N+](=O)[O-])s1. The van der Waals surface area contributed by atoms with Gasteiger partial charge in [0.05, 0.1) is 10.6 Å². The Hall–Kier alpha value is -1.96. The number of nitrogens with one attached hydrogen (secondary N) is 1. The second kappa shape index (κ2) is 5.13. The molecule has 2 rings (SSSR count). The van der Waals surface area contributed by atoms with Crippen LogP contribution in [0.2, 0.25) is 0 Å². The van der Waals surface area contributed by atoms with Gasteiger partial charge in [-0.25, -0.2) is 4.98 Å². The summed E-state index contributed by atoms with van der Waals surface area (Å²) >= 11 is 1.03. The number of anilines is 1. The topological polar surface area (TPSA) is 85.9 Å². The highest BCUT2D eigenvalue weighted by molar-refractivity contribution is 7.18. The third-order valence-corrected chi connectivity index (χ3v) is 3.34. The van der Waals surface area contributed by atoms with E-state index in [9.17, 15) is 10.1 Å². The van der Waals surface area contributed by atoms with Crippen LogP contribution in [0.3, 0.4) is 0 Å². The van der Waals surface area contributed by atoms with E-state index in [1.165, 1.54) is 6.20 Å². The molecular formula is C10H13N5O2S. The van der Waals surface area contributed by atoms with Crippen LogP contribution in [-0.4, -0.2) is 19.7 Å². The van der Waals surface area contributed by atoms with Crippen LogP contribution in [0.25, 0.3) is 0 Å². The van der Waals surface area contributed by atoms with Crippen molar-refractivity contribution in [2.45, 2.75) is 19.9 Å². The van der Waals surface area contributed by atoms with Crippen molar-refractivity contribution in [3.63, 3.8) is 0 Å². The summed E-state index contributed by atoms with van der Waals surface area (Å²) < 4.78 is 1.76. The molecular weight excluding hydrogens is 254 g/mol.